The van der Waals surface area contributed by atoms with E-state index in [2.05, 4.69) is 217 Å². The first-order valence-corrected chi connectivity index (χ1v) is 19.7. The van der Waals surface area contributed by atoms with Crippen molar-refractivity contribution in [3.05, 3.63) is 235 Å². The van der Waals surface area contributed by atoms with Crippen LogP contribution in [-0.2, 0) is 5.41 Å². The summed E-state index contributed by atoms with van der Waals surface area (Å²) in [5.41, 5.74) is 15.7. The molecule has 11 rings (SSSR count). The number of hydrogen-bond acceptors (Lipinski definition) is 2. The lowest BCUT2D eigenvalue weighted by atomic mass is 9.67. The van der Waals surface area contributed by atoms with Gasteiger partial charge in [0.25, 0.3) is 0 Å². The first kappa shape index (κ1) is 31.9. The predicted molar refractivity (Wildman–Crippen MR) is 231 cm³/mol. The molecule has 0 bridgehead atoms. The van der Waals surface area contributed by atoms with Crippen LogP contribution in [0.5, 0.6) is 0 Å². The maximum atomic E-state index is 2.49. The molecule has 0 saturated heterocycles. The third-order valence-corrected chi connectivity index (χ3v) is 12.7. The van der Waals surface area contributed by atoms with Gasteiger partial charge in [-0.05, 0) is 103 Å². The van der Waals surface area contributed by atoms with Crippen LogP contribution in [-0.4, -0.2) is 0 Å². The largest absolute Gasteiger partial charge is 0.310 e. The first-order chi connectivity index (χ1) is 27.3. The maximum Gasteiger partial charge on any atom is 0.0736 e. The van der Waals surface area contributed by atoms with Gasteiger partial charge < -0.3 is 4.90 Å². The fraction of sp³-hybridized carbons (Fsp3) is 0.0189. The molecular weight excluding hydrogens is 683 g/mol. The van der Waals surface area contributed by atoms with Crippen LogP contribution in [0, 0.1) is 0 Å². The van der Waals surface area contributed by atoms with Crippen molar-refractivity contribution in [2.24, 2.45) is 0 Å². The lowest BCUT2D eigenvalue weighted by Gasteiger charge is -2.40. The lowest BCUT2D eigenvalue weighted by Crippen LogP contribution is -2.32. The van der Waals surface area contributed by atoms with E-state index in [1.54, 1.807) is 0 Å². The predicted octanol–water partition coefficient (Wildman–Crippen LogP) is 14.5. The van der Waals surface area contributed by atoms with Crippen LogP contribution in [0.15, 0.2) is 222 Å². The van der Waals surface area contributed by atoms with Gasteiger partial charge in [0.05, 0.1) is 11.1 Å². The molecule has 0 amide bonds. The summed E-state index contributed by atoms with van der Waals surface area (Å²) in [4.78, 5) is 5.05. The van der Waals surface area contributed by atoms with E-state index < -0.39 is 5.41 Å². The first-order valence-electron chi connectivity index (χ1n) is 18.9. The number of nitrogens with zero attached hydrogens (tertiary/aromatic N) is 1. The SMILES string of the molecule is c1ccc(-c2ccc(N(c3ccc4c(c3)C3(c5ccccc5S4)c4ccccc4-c4c3ccc3ccccc43)c3ccccc3-c3ccccc3)cc2)cc1. The number of fused-ring (bicyclic) bond motifs is 11. The Hall–Kier alpha value is -6.61. The second-order valence-electron chi connectivity index (χ2n) is 14.4. The second-order valence-corrected chi connectivity index (χ2v) is 15.5. The number of anilines is 3. The van der Waals surface area contributed by atoms with Gasteiger partial charge in [0.2, 0.25) is 0 Å². The standard InChI is InChI=1S/C53H35NS/c1-3-15-36(16-4-1)37-27-30-40(31-28-37)54(49-25-13-10-20-42(49)38-17-5-2-6-18-38)41-32-34-51-48(35-41)53(46-24-12-14-26-50(46)55-51)45-23-11-9-22-44(45)52-43-21-8-7-19-39(43)29-33-47(52)53/h1-35H. The Labute approximate surface area is 326 Å². The van der Waals surface area contributed by atoms with E-state index in [9.17, 15) is 0 Å². The zero-order valence-electron chi connectivity index (χ0n) is 30.1. The van der Waals surface area contributed by atoms with Gasteiger partial charge in [0.15, 0.2) is 0 Å². The second kappa shape index (κ2) is 12.8. The zero-order valence-corrected chi connectivity index (χ0v) is 30.9. The number of para-hydroxylation sites is 1. The molecule has 0 fully saturated rings. The van der Waals surface area contributed by atoms with Crippen molar-refractivity contribution in [2.75, 3.05) is 4.90 Å². The highest BCUT2D eigenvalue weighted by Crippen LogP contribution is 2.63. The average molecular weight is 718 g/mol. The lowest BCUT2D eigenvalue weighted by molar-refractivity contribution is 0.723. The minimum atomic E-state index is -0.495. The third kappa shape index (κ3) is 4.88. The van der Waals surface area contributed by atoms with Crippen LogP contribution in [0.2, 0.25) is 0 Å². The van der Waals surface area contributed by atoms with Gasteiger partial charge in [-0.15, -0.1) is 0 Å². The van der Waals surface area contributed by atoms with E-state index in [0.717, 1.165) is 17.1 Å². The molecule has 2 heteroatoms. The van der Waals surface area contributed by atoms with Crippen LogP contribution >= 0.6 is 11.8 Å². The minimum Gasteiger partial charge on any atom is -0.310 e. The monoisotopic (exact) mass is 717 g/mol. The molecular formula is C53H35NS. The summed E-state index contributed by atoms with van der Waals surface area (Å²) in [6, 6.07) is 78.2. The summed E-state index contributed by atoms with van der Waals surface area (Å²) >= 11 is 1.89. The van der Waals surface area contributed by atoms with Crippen LogP contribution in [0.25, 0.3) is 44.2 Å². The molecule has 1 spiro atoms. The maximum absolute atomic E-state index is 2.49. The van der Waals surface area contributed by atoms with Gasteiger partial charge in [-0.25, -0.2) is 0 Å². The van der Waals surface area contributed by atoms with Crippen molar-refractivity contribution in [3.8, 4) is 33.4 Å². The molecule has 1 aliphatic carbocycles. The Morgan fingerprint density at radius 2 is 0.964 bits per heavy atom. The molecule has 9 aromatic carbocycles. The summed E-state index contributed by atoms with van der Waals surface area (Å²) < 4.78 is 0. The molecule has 0 aromatic heterocycles. The quantitative estimate of drug-likeness (QED) is 0.174. The van der Waals surface area contributed by atoms with Crippen molar-refractivity contribution in [1.29, 1.82) is 0 Å². The molecule has 258 valence electrons. The molecule has 1 nitrogen and oxygen atoms in total. The van der Waals surface area contributed by atoms with E-state index >= 15 is 0 Å². The van der Waals surface area contributed by atoms with Gasteiger partial charge in [0.1, 0.15) is 0 Å². The number of rotatable bonds is 5. The molecule has 2 aliphatic rings. The van der Waals surface area contributed by atoms with Gasteiger partial charge in [-0.2, -0.15) is 0 Å². The van der Waals surface area contributed by atoms with Gasteiger partial charge in [0, 0.05) is 26.7 Å². The number of benzene rings is 9. The Bertz CT molecular complexity index is 2900. The summed E-state index contributed by atoms with van der Waals surface area (Å²) in [6.07, 6.45) is 0. The van der Waals surface area contributed by atoms with E-state index in [4.69, 9.17) is 0 Å². The van der Waals surface area contributed by atoms with Crippen LogP contribution < -0.4 is 4.90 Å². The zero-order chi connectivity index (χ0) is 36.3. The van der Waals surface area contributed by atoms with Crippen molar-refractivity contribution in [1.82, 2.24) is 0 Å². The molecule has 1 atom stereocenters. The van der Waals surface area contributed by atoms with Gasteiger partial charge >= 0.3 is 0 Å². The Kier molecular flexibility index (Phi) is 7.40. The Morgan fingerprint density at radius 1 is 0.364 bits per heavy atom. The Balaban J connectivity index is 1.19. The van der Waals surface area contributed by atoms with Crippen LogP contribution in [0.4, 0.5) is 17.1 Å². The van der Waals surface area contributed by atoms with E-state index in [1.165, 1.54) is 76.2 Å². The molecule has 1 aliphatic heterocycles. The molecule has 1 unspecified atom stereocenters. The smallest absolute Gasteiger partial charge is 0.0736 e. The molecule has 0 radical (unpaired) electrons. The molecule has 0 N–H and O–H groups in total. The average Bonchev–Trinajstić information content (AvgIpc) is 3.56. The van der Waals surface area contributed by atoms with E-state index in [-0.39, 0.29) is 0 Å². The summed E-state index contributed by atoms with van der Waals surface area (Å²) in [7, 11) is 0. The topological polar surface area (TPSA) is 3.24 Å². The van der Waals surface area contributed by atoms with Crippen molar-refractivity contribution < 1.29 is 0 Å². The van der Waals surface area contributed by atoms with Gasteiger partial charge in [-0.1, -0.05) is 182 Å². The van der Waals surface area contributed by atoms with E-state index in [1.807, 2.05) is 11.8 Å². The third-order valence-electron chi connectivity index (χ3n) is 11.5. The van der Waals surface area contributed by atoms with Crippen molar-refractivity contribution in [2.45, 2.75) is 15.2 Å². The molecule has 55 heavy (non-hydrogen) atoms. The highest BCUT2D eigenvalue weighted by Gasteiger charge is 2.50. The normalized spacial score (nSPS) is 14.9. The number of hydrogen-bond donors (Lipinski definition) is 0. The van der Waals surface area contributed by atoms with Crippen LogP contribution in [0.3, 0.4) is 0 Å². The fourth-order valence-corrected chi connectivity index (χ4v) is 10.4. The minimum absolute atomic E-state index is 0.495. The van der Waals surface area contributed by atoms with Crippen molar-refractivity contribution in [3.63, 3.8) is 0 Å². The molecule has 1 heterocycles. The summed E-state index contributed by atoms with van der Waals surface area (Å²) in [5.74, 6) is 0. The van der Waals surface area contributed by atoms with Gasteiger partial charge in [-0.3, -0.25) is 0 Å². The molecule has 9 aromatic rings. The van der Waals surface area contributed by atoms with Crippen LogP contribution in [0.1, 0.15) is 22.3 Å². The summed E-state index contributed by atoms with van der Waals surface area (Å²) in [5, 5.41) is 2.57. The Morgan fingerprint density at radius 3 is 1.78 bits per heavy atom. The highest BCUT2D eigenvalue weighted by molar-refractivity contribution is 7.99. The molecule has 0 saturated carbocycles. The summed E-state index contributed by atoms with van der Waals surface area (Å²) in [6.45, 7) is 0. The fourth-order valence-electron chi connectivity index (χ4n) is 9.19. The highest BCUT2D eigenvalue weighted by atomic mass is 32.2. The van der Waals surface area contributed by atoms with Crippen molar-refractivity contribution >= 4 is 39.6 Å². The van der Waals surface area contributed by atoms with E-state index in [0.29, 0.717) is 0 Å².